The fraction of sp³-hybridized carbons (Fsp3) is 0.241. The average molecular weight is 424 g/mol. The van der Waals surface area contributed by atoms with Crippen LogP contribution in [-0.2, 0) is 11.3 Å². The van der Waals surface area contributed by atoms with E-state index >= 15 is 0 Å². The van der Waals surface area contributed by atoms with Gasteiger partial charge in [-0.3, -0.25) is 4.84 Å². The second kappa shape index (κ2) is 9.05. The van der Waals surface area contributed by atoms with Crippen LogP contribution < -0.4 is 5.06 Å². The van der Waals surface area contributed by atoms with E-state index in [0.717, 1.165) is 42.0 Å². The number of fused-ring (bicyclic) bond motifs is 1. The normalized spacial score (nSPS) is 17.9. The Labute approximate surface area is 190 Å². The maximum atomic E-state index is 6.82. The second-order valence-electron chi connectivity index (χ2n) is 8.38. The lowest BCUT2D eigenvalue weighted by Crippen LogP contribution is -2.37. The summed E-state index contributed by atoms with van der Waals surface area (Å²) < 4.78 is 6.45. The zero-order valence-corrected chi connectivity index (χ0v) is 18.7. The van der Waals surface area contributed by atoms with Crippen LogP contribution >= 0.6 is 0 Å². The van der Waals surface area contributed by atoms with Crippen LogP contribution in [0.4, 0.5) is 5.69 Å². The number of anilines is 1. The Bertz CT molecular complexity index is 1150. The Kier molecular flexibility index (Phi) is 5.83. The van der Waals surface area contributed by atoms with Gasteiger partial charge in [-0.25, -0.2) is 5.06 Å². The number of hydrogen-bond donors (Lipinski definition) is 0. The summed E-state index contributed by atoms with van der Waals surface area (Å²) in [6.07, 6.45) is 2.94. The third-order valence-electron chi connectivity index (χ3n) is 6.22. The van der Waals surface area contributed by atoms with Crippen LogP contribution in [0.15, 0.2) is 95.4 Å². The third-order valence-corrected chi connectivity index (χ3v) is 6.22. The number of benzene rings is 3. The molecule has 3 heteroatoms. The topological polar surface area (TPSA) is 25.6 Å². The Morgan fingerprint density at radius 3 is 1.97 bits per heavy atom. The van der Waals surface area contributed by atoms with Crippen molar-refractivity contribution in [1.29, 1.82) is 0 Å². The van der Waals surface area contributed by atoms with Gasteiger partial charge in [-0.15, -0.1) is 0 Å². The Morgan fingerprint density at radius 1 is 0.750 bits per heavy atom. The van der Waals surface area contributed by atoms with Crippen LogP contribution in [-0.4, -0.2) is 0 Å². The summed E-state index contributed by atoms with van der Waals surface area (Å²) in [5.74, 6) is 2.03. The van der Waals surface area contributed by atoms with Gasteiger partial charge in [0.15, 0.2) is 0 Å². The highest BCUT2D eigenvalue weighted by Gasteiger charge is 2.41. The quantitative estimate of drug-likeness (QED) is 0.320. The summed E-state index contributed by atoms with van der Waals surface area (Å²) in [6, 6.07) is 31.4. The summed E-state index contributed by atoms with van der Waals surface area (Å²) in [6.45, 7) is 4.30. The zero-order chi connectivity index (χ0) is 21.9. The minimum atomic E-state index is -0.217. The van der Waals surface area contributed by atoms with Crippen molar-refractivity contribution in [1.82, 2.24) is 0 Å². The maximum Gasteiger partial charge on any atom is 0.139 e. The van der Waals surface area contributed by atoms with Gasteiger partial charge in [-0.2, -0.15) is 0 Å². The van der Waals surface area contributed by atoms with Gasteiger partial charge >= 0.3 is 0 Å². The molecule has 3 aromatic carbocycles. The van der Waals surface area contributed by atoms with Crippen molar-refractivity contribution in [3.8, 4) is 0 Å². The van der Waals surface area contributed by atoms with E-state index < -0.39 is 0 Å². The van der Waals surface area contributed by atoms with Crippen LogP contribution in [0.25, 0.3) is 0 Å². The molecule has 4 aromatic rings. The summed E-state index contributed by atoms with van der Waals surface area (Å²) >= 11 is 0. The van der Waals surface area contributed by atoms with E-state index in [1.807, 2.05) is 12.1 Å². The Morgan fingerprint density at radius 2 is 1.34 bits per heavy atom. The molecule has 32 heavy (non-hydrogen) atoms. The molecule has 5 rings (SSSR count). The molecule has 0 saturated heterocycles. The van der Waals surface area contributed by atoms with Gasteiger partial charge in [0.1, 0.15) is 23.7 Å². The van der Waals surface area contributed by atoms with Crippen LogP contribution in [0.2, 0.25) is 0 Å². The van der Waals surface area contributed by atoms with Gasteiger partial charge in [0.2, 0.25) is 0 Å². The van der Waals surface area contributed by atoms with Crippen LogP contribution in [0, 0.1) is 6.92 Å². The summed E-state index contributed by atoms with van der Waals surface area (Å²) in [4.78, 5) is 6.82. The highest BCUT2D eigenvalue weighted by Crippen LogP contribution is 2.49. The first-order valence-corrected chi connectivity index (χ1v) is 11.5. The van der Waals surface area contributed by atoms with E-state index in [0.29, 0.717) is 0 Å². The number of para-hydroxylation sites is 1. The molecule has 0 saturated carbocycles. The lowest BCUT2D eigenvalue weighted by molar-refractivity contribution is 0.0304. The maximum absolute atomic E-state index is 6.82. The first-order chi connectivity index (χ1) is 15.8. The first kappa shape index (κ1) is 20.6. The minimum Gasteiger partial charge on any atom is -0.466 e. The highest BCUT2D eigenvalue weighted by molar-refractivity contribution is 5.56. The number of hydrogen-bond acceptors (Lipinski definition) is 3. The smallest absolute Gasteiger partial charge is 0.139 e. The van der Waals surface area contributed by atoms with E-state index in [9.17, 15) is 0 Å². The second-order valence-corrected chi connectivity index (χ2v) is 8.38. The Hall–Kier alpha value is -3.30. The van der Waals surface area contributed by atoms with Gasteiger partial charge in [0.25, 0.3) is 0 Å². The average Bonchev–Trinajstić information content (AvgIpc) is 3.19. The number of rotatable bonds is 6. The molecule has 162 valence electrons. The van der Waals surface area contributed by atoms with Crippen LogP contribution in [0.3, 0.4) is 0 Å². The first-order valence-electron chi connectivity index (χ1n) is 11.5. The molecule has 1 aliphatic heterocycles. The molecule has 1 aliphatic rings. The molecule has 0 aliphatic carbocycles. The number of hydroxylamine groups is 1. The zero-order valence-electron chi connectivity index (χ0n) is 18.7. The number of aryl methyl sites for hydroxylation is 2. The van der Waals surface area contributed by atoms with Crippen molar-refractivity contribution in [2.45, 2.75) is 45.3 Å². The molecule has 0 amide bonds. The molecular weight excluding hydrogens is 394 g/mol. The highest BCUT2D eigenvalue weighted by atomic mass is 16.7. The molecule has 0 radical (unpaired) electrons. The molecule has 0 bridgehead atoms. The van der Waals surface area contributed by atoms with Gasteiger partial charge in [-0.05, 0) is 36.6 Å². The summed E-state index contributed by atoms with van der Waals surface area (Å²) in [7, 11) is 0. The SMILES string of the molecule is CCCCc1oc(C)c2c1[C@@H](c1ccccc1)N(c1ccccc1)O[C@H]2c1ccccc1. The summed E-state index contributed by atoms with van der Waals surface area (Å²) in [5.41, 5.74) is 5.79. The molecule has 0 fully saturated rings. The molecule has 0 spiro atoms. The molecule has 0 unspecified atom stereocenters. The lowest BCUT2D eigenvalue weighted by Gasteiger charge is -2.41. The monoisotopic (exact) mass is 423 g/mol. The van der Waals surface area contributed by atoms with E-state index in [1.165, 1.54) is 16.7 Å². The minimum absolute atomic E-state index is 0.0714. The van der Waals surface area contributed by atoms with Crippen LogP contribution in [0.1, 0.15) is 65.7 Å². The number of furan rings is 1. The van der Waals surface area contributed by atoms with Crippen molar-refractivity contribution in [2.24, 2.45) is 0 Å². The summed E-state index contributed by atoms with van der Waals surface area (Å²) in [5, 5.41) is 2.08. The number of unbranched alkanes of at least 4 members (excludes halogenated alkanes) is 1. The van der Waals surface area contributed by atoms with E-state index in [2.05, 4.69) is 97.8 Å². The van der Waals surface area contributed by atoms with Crippen LogP contribution in [0.5, 0.6) is 0 Å². The van der Waals surface area contributed by atoms with E-state index in [1.54, 1.807) is 0 Å². The Balaban J connectivity index is 1.75. The fourth-order valence-electron chi connectivity index (χ4n) is 4.71. The van der Waals surface area contributed by atoms with E-state index in [4.69, 9.17) is 9.25 Å². The predicted octanol–water partition coefficient (Wildman–Crippen LogP) is 7.56. The molecule has 3 nitrogen and oxygen atoms in total. The molecular formula is C29H29NO2. The van der Waals surface area contributed by atoms with Gasteiger partial charge in [0.05, 0.1) is 5.69 Å². The number of nitrogens with zero attached hydrogens (tertiary/aromatic N) is 1. The molecule has 1 aromatic heterocycles. The molecule has 2 atom stereocenters. The van der Waals surface area contributed by atoms with Crippen molar-refractivity contribution in [3.63, 3.8) is 0 Å². The predicted molar refractivity (Wildman–Crippen MR) is 129 cm³/mol. The van der Waals surface area contributed by atoms with Crippen molar-refractivity contribution < 1.29 is 9.25 Å². The van der Waals surface area contributed by atoms with Crippen molar-refractivity contribution in [3.05, 3.63) is 125 Å². The third kappa shape index (κ3) is 3.74. The molecule has 2 heterocycles. The van der Waals surface area contributed by atoms with Gasteiger partial charge < -0.3 is 4.42 Å². The lowest BCUT2D eigenvalue weighted by atomic mass is 9.87. The van der Waals surface area contributed by atoms with Crippen molar-refractivity contribution in [2.75, 3.05) is 5.06 Å². The van der Waals surface area contributed by atoms with Gasteiger partial charge in [0, 0.05) is 17.5 Å². The van der Waals surface area contributed by atoms with E-state index in [-0.39, 0.29) is 12.1 Å². The van der Waals surface area contributed by atoms with Gasteiger partial charge in [-0.1, -0.05) is 92.2 Å². The fourth-order valence-corrected chi connectivity index (χ4v) is 4.71. The largest absolute Gasteiger partial charge is 0.466 e. The molecule has 0 N–H and O–H groups in total. The van der Waals surface area contributed by atoms with Crippen molar-refractivity contribution >= 4 is 5.69 Å². The standard InChI is InChI=1S/C29H29NO2/c1-3-4-20-25-27-26(21(2)31-25)29(23-16-10-6-11-17-23)32-30(24-18-12-7-13-19-24)28(27)22-14-8-5-9-15-22/h5-19,28-29H,3-4,20H2,1-2H3/t28-,29+/m1/s1.